The van der Waals surface area contributed by atoms with Crippen molar-refractivity contribution in [1.29, 1.82) is 0 Å². The molecule has 1 nitrogen and oxygen atoms in total. The Kier molecular flexibility index (Phi) is 0.663. The molecule has 0 saturated heterocycles. The van der Waals surface area contributed by atoms with Crippen LogP contribution < -0.4 is 5.73 Å². The minimum atomic E-state index is -3.18. The Morgan fingerprint density at radius 2 is 2.17 bits per heavy atom. The quantitative estimate of drug-likeness (QED) is 0.644. The fourth-order valence-electron chi connectivity index (χ4n) is 1.06. The first-order valence-electron chi connectivity index (χ1n) is 8.11. The number of benzene rings is 1. The maximum absolute atomic E-state index is 8.35. The second kappa shape index (κ2) is 3.18. The molecule has 0 bridgehead atoms. The van der Waals surface area contributed by atoms with Gasteiger partial charge in [-0.05, 0) is 36.3 Å². The minimum Gasteiger partial charge on any atom is -0.399 e. The molecule has 2 N–H and O–H groups in total. The largest absolute Gasteiger partial charge is 0.399 e. The lowest BCUT2D eigenvalue weighted by atomic mass is 9.97. The Hall–Kier alpha value is -0.980. The summed E-state index contributed by atoms with van der Waals surface area (Å²) in [6.07, 6.45) is -12.6. The van der Waals surface area contributed by atoms with E-state index >= 15 is 0 Å². The van der Waals surface area contributed by atoms with Crippen LogP contribution in [0.1, 0.15) is 49.3 Å². The highest BCUT2D eigenvalue weighted by atomic mass is 14.5. The van der Waals surface area contributed by atoms with Crippen LogP contribution in [0.25, 0.3) is 0 Å². The number of nitrogen functional groups attached to an aromatic ring is 1. The van der Waals surface area contributed by atoms with Crippen molar-refractivity contribution in [3.05, 3.63) is 29.8 Å². The van der Waals surface area contributed by atoms with Crippen LogP contribution in [0.4, 0.5) is 5.69 Å². The summed E-state index contributed by atoms with van der Waals surface area (Å²) in [6, 6.07) is 5.31. The number of nitrogens with two attached hydrogens (primary N) is 1. The Labute approximate surface area is 86.2 Å². The molecular formula is C11H15N. The molecule has 0 unspecified atom stereocenters. The van der Waals surface area contributed by atoms with E-state index in [1.54, 1.807) is 0 Å². The standard InChI is InChI=1S/C11H15N/c12-11-7-3-6-10(8-11)9-4-1-2-5-9/h3,6-9H,1-2,4-5,12H2/i1D2,2D2,4D2,5D2,9D. The van der Waals surface area contributed by atoms with Gasteiger partial charge in [-0.2, -0.15) is 0 Å². The molecule has 0 aliphatic heterocycles. The van der Waals surface area contributed by atoms with Crippen LogP contribution in [0.5, 0.6) is 0 Å². The highest BCUT2D eigenvalue weighted by molar-refractivity contribution is 5.41. The number of hydrogen-bond acceptors (Lipinski definition) is 1. The molecule has 1 aromatic carbocycles. The van der Waals surface area contributed by atoms with Crippen molar-refractivity contribution in [3.63, 3.8) is 0 Å². The van der Waals surface area contributed by atoms with E-state index in [0.717, 1.165) is 0 Å². The molecule has 0 atom stereocenters. The second-order valence-corrected chi connectivity index (χ2v) is 2.50. The first kappa shape index (κ1) is 2.50. The molecular weight excluding hydrogens is 146 g/mol. The van der Waals surface area contributed by atoms with Crippen LogP contribution in [0.3, 0.4) is 0 Å². The van der Waals surface area contributed by atoms with Gasteiger partial charge in [-0.15, -0.1) is 0 Å². The van der Waals surface area contributed by atoms with Gasteiger partial charge in [0.05, 0.1) is 0 Å². The number of anilines is 1. The molecule has 1 aromatic rings. The van der Waals surface area contributed by atoms with Gasteiger partial charge in [-0.3, -0.25) is 0 Å². The normalized spacial score (nSPS) is 48.8. The summed E-state index contributed by atoms with van der Waals surface area (Å²) in [7, 11) is 0. The lowest BCUT2D eigenvalue weighted by Crippen LogP contribution is -1.93. The van der Waals surface area contributed by atoms with Crippen LogP contribution in [0, 0.1) is 0 Å². The van der Waals surface area contributed by atoms with Gasteiger partial charge in [0.25, 0.3) is 0 Å². The maximum atomic E-state index is 8.35. The molecule has 1 fully saturated rings. The smallest absolute Gasteiger partial charge is 0.0352 e. The van der Waals surface area contributed by atoms with Gasteiger partial charge in [0, 0.05) is 18.0 Å². The van der Waals surface area contributed by atoms with Crippen molar-refractivity contribution in [2.45, 2.75) is 31.4 Å². The van der Waals surface area contributed by atoms with Crippen LogP contribution in [-0.4, -0.2) is 0 Å². The highest BCUT2D eigenvalue weighted by Crippen LogP contribution is 2.34. The van der Waals surface area contributed by atoms with E-state index in [9.17, 15) is 0 Å². The average molecular weight is 170 g/mol. The molecule has 1 aliphatic rings. The van der Waals surface area contributed by atoms with Gasteiger partial charge in [-0.1, -0.05) is 24.9 Å². The van der Waals surface area contributed by atoms with Gasteiger partial charge in [0.15, 0.2) is 0 Å². The summed E-state index contributed by atoms with van der Waals surface area (Å²) < 4.78 is 71.1. The predicted octanol–water partition coefficient (Wildman–Crippen LogP) is 2.93. The van der Waals surface area contributed by atoms with Gasteiger partial charge in [0.2, 0.25) is 0 Å². The summed E-state index contributed by atoms with van der Waals surface area (Å²) in [5.74, 6) is -2.78. The first-order valence-corrected chi connectivity index (χ1v) is 3.61. The van der Waals surface area contributed by atoms with Crippen molar-refractivity contribution < 1.29 is 12.3 Å². The summed E-state index contributed by atoms with van der Waals surface area (Å²) in [5, 5.41) is 0. The minimum absolute atomic E-state index is 0.166. The molecule has 0 radical (unpaired) electrons. The van der Waals surface area contributed by atoms with E-state index in [4.69, 9.17) is 18.1 Å². The second-order valence-electron chi connectivity index (χ2n) is 2.50. The fourth-order valence-corrected chi connectivity index (χ4v) is 1.06. The average Bonchev–Trinajstić information content (AvgIpc) is 2.40. The van der Waals surface area contributed by atoms with Crippen molar-refractivity contribution in [3.8, 4) is 0 Å². The Morgan fingerprint density at radius 3 is 2.83 bits per heavy atom. The first-order chi connectivity index (χ1) is 9.25. The third-order valence-electron chi connectivity index (χ3n) is 1.61. The molecule has 1 saturated carbocycles. The lowest BCUT2D eigenvalue weighted by Gasteiger charge is -2.09. The molecule has 0 aromatic heterocycles. The van der Waals surface area contributed by atoms with E-state index in [-0.39, 0.29) is 11.3 Å². The van der Waals surface area contributed by atoms with Crippen LogP contribution >= 0.6 is 0 Å². The Morgan fingerprint density at radius 1 is 1.42 bits per heavy atom. The van der Waals surface area contributed by atoms with E-state index in [1.807, 2.05) is 0 Å². The molecule has 1 aliphatic carbocycles. The zero-order valence-electron chi connectivity index (χ0n) is 15.4. The van der Waals surface area contributed by atoms with Crippen LogP contribution in [-0.2, 0) is 0 Å². The van der Waals surface area contributed by atoms with Crippen LogP contribution in [0.2, 0.25) is 0 Å². The van der Waals surface area contributed by atoms with Crippen molar-refractivity contribution >= 4 is 5.69 Å². The zero-order chi connectivity index (χ0) is 16.5. The van der Waals surface area contributed by atoms with Gasteiger partial charge >= 0.3 is 0 Å². The Balaban J connectivity index is 2.84. The maximum Gasteiger partial charge on any atom is 0.0352 e. The van der Waals surface area contributed by atoms with Crippen molar-refractivity contribution in [2.75, 3.05) is 5.73 Å². The summed E-state index contributed by atoms with van der Waals surface area (Å²) >= 11 is 0. The van der Waals surface area contributed by atoms with Crippen LogP contribution in [0.15, 0.2) is 24.3 Å². The SMILES string of the molecule is [2H]C1([2H])C([2H])([2H])C([2H])([2H])C([2H])(c2cccc(N)c2)C1([2H])[2H]. The molecule has 0 spiro atoms. The van der Waals surface area contributed by atoms with Gasteiger partial charge in [-0.25, -0.2) is 0 Å². The van der Waals surface area contributed by atoms with E-state index < -0.39 is 31.4 Å². The van der Waals surface area contributed by atoms with E-state index in [2.05, 4.69) is 0 Å². The summed E-state index contributed by atoms with van der Waals surface area (Å²) in [5.41, 5.74) is 5.56. The number of rotatable bonds is 1. The molecule has 64 valence electrons. The van der Waals surface area contributed by atoms with Crippen molar-refractivity contribution in [2.24, 2.45) is 0 Å². The van der Waals surface area contributed by atoms with E-state index in [0.29, 0.717) is 0 Å². The number of hydrogen-bond donors (Lipinski definition) is 1. The lowest BCUT2D eigenvalue weighted by molar-refractivity contribution is 0.724. The third kappa shape index (κ3) is 1.45. The summed E-state index contributed by atoms with van der Waals surface area (Å²) in [4.78, 5) is 0. The third-order valence-corrected chi connectivity index (χ3v) is 1.61. The van der Waals surface area contributed by atoms with E-state index in [1.165, 1.54) is 24.3 Å². The summed E-state index contributed by atoms with van der Waals surface area (Å²) in [6.45, 7) is 0. The molecule has 0 heterocycles. The molecule has 2 rings (SSSR count). The Bertz CT molecular complexity index is 555. The van der Waals surface area contributed by atoms with Gasteiger partial charge < -0.3 is 5.73 Å². The predicted molar refractivity (Wildman–Crippen MR) is 52.1 cm³/mol. The highest BCUT2D eigenvalue weighted by Gasteiger charge is 2.16. The zero-order valence-corrected chi connectivity index (χ0v) is 6.39. The molecule has 12 heavy (non-hydrogen) atoms. The van der Waals surface area contributed by atoms with Gasteiger partial charge in [0.1, 0.15) is 0 Å². The topological polar surface area (TPSA) is 26.0 Å². The van der Waals surface area contributed by atoms with Crippen molar-refractivity contribution in [1.82, 2.24) is 0 Å². The molecule has 1 heteroatoms. The monoisotopic (exact) mass is 170 g/mol. The molecule has 0 amide bonds. The fraction of sp³-hybridized carbons (Fsp3) is 0.455.